The molecular formula is C23H17ClN2O2. The zero-order valence-electron chi connectivity index (χ0n) is 14.9. The normalized spacial score (nSPS) is 10.8. The topological polar surface area (TPSA) is 50.6 Å². The summed E-state index contributed by atoms with van der Waals surface area (Å²) in [7, 11) is 0. The van der Waals surface area contributed by atoms with Gasteiger partial charge in [-0.2, -0.15) is 0 Å². The maximum atomic E-state index is 13.0. The molecule has 2 aromatic heterocycles. The molecule has 0 atom stereocenters. The van der Waals surface area contributed by atoms with Crippen LogP contribution in [0.15, 0.2) is 85.1 Å². The Labute approximate surface area is 167 Å². The number of amides is 1. The Balaban J connectivity index is 1.66. The van der Waals surface area contributed by atoms with Gasteiger partial charge in [0.15, 0.2) is 0 Å². The quantitative estimate of drug-likeness (QED) is 0.396. The Morgan fingerprint density at radius 3 is 2.36 bits per heavy atom. The van der Waals surface area contributed by atoms with Crippen molar-refractivity contribution < 1.29 is 9.59 Å². The molecule has 0 saturated carbocycles. The SMILES string of the molecule is O=C(NCc1ccc(Cl)cc1)C(=O)c1c(-c2ccccc2)cc2ccccn12. The largest absolute Gasteiger partial charge is 0.345 e. The van der Waals surface area contributed by atoms with Gasteiger partial charge in [0.1, 0.15) is 5.69 Å². The van der Waals surface area contributed by atoms with Crippen molar-refractivity contribution in [1.82, 2.24) is 9.72 Å². The summed E-state index contributed by atoms with van der Waals surface area (Å²) in [5.74, 6) is -1.21. The minimum absolute atomic E-state index is 0.256. The van der Waals surface area contributed by atoms with E-state index in [0.717, 1.165) is 22.2 Å². The average molecular weight is 389 g/mol. The minimum atomic E-state index is -0.643. The second-order valence-electron chi connectivity index (χ2n) is 6.41. The van der Waals surface area contributed by atoms with Crippen LogP contribution in [0.1, 0.15) is 16.1 Å². The van der Waals surface area contributed by atoms with E-state index in [1.807, 2.05) is 66.7 Å². The van der Waals surface area contributed by atoms with Crippen LogP contribution in [0.4, 0.5) is 0 Å². The average Bonchev–Trinajstić information content (AvgIpc) is 3.13. The van der Waals surface area contributed by atoms with Gasteiger partial charge < -0.3 is 9.72 Å². The molecule has 0 aliphatic rings. The first-order chi connectivity index (χ1) is 13.6. The molecule has 1 N–H and O–H groups in total. The van der Waals surface area contributed by atoms with Gasteiger partial charge in [-0.15, -0.1) is 0 Å². The number of nitrogens with one attached hydrogen (secondary N) is 1. The maximum Gasteiger partial charge on any atom is 0.294 e. The van der Waals surface area contributed by atoms with E-state index in [1.165, 1.54) is 0 Å². The number of halogens is 1. The molecule has 0 aliphatic heterocycles. The summed E-state index contributed by atoms with van der Waals surface area (Å²) in [4.78, 5) is 25.6. The monoisotopic (exact) mass is 388 g/mol. The molecule has 138 valence electrons. The van der Waals surface area contributed by atoms with Crippen molar-refractivity contribution in [3.63, 3.8) is 0 Å². The number of rotatable bonds is 5. The Hall–Kier alpha value is -3.37. The van der Waals surface area contributed by atoms with Gasteiger partial charge in [0, 0.05) is 28.8 Å². The smallest absolute Gasteiger partial charge is 0.294 e. The lowest BCUT2D eigenvalue weighted by Crippen LogP contribution is -2.31. The standard InChI is InChI=1S/C23H17ClN2O2/c24-18-11-9-16(10-12-18)15-25-23(28)22(27)21-20(17-6-2-1-3-7-17)14-19-8-4-5-13-26(19)21/h1-14H,15H2,(H,25,28). The summed E-state index contributed by atoms with van der Waals surface area (Å²) in [5, 5.41) is 3.33. The van der Waals surface area contributed by atoms with Gasteiger partial charge in [-0.3, -0.25) is 9.59 Å². The number of aromatic nitrogens is 1. The first kappa shape index (κ1) is 18.0. The number of fused-ring (bicyclic) bond motifs is 1. The first-order valence-electron chi connectivity index (χ1n) is 8.86. The summed E-state index contributed by atoms with van der Waals surface area (Å²) >= 11 is 5.88. The van der Waals surface area contributed by atoms with Crippen molar-refractivity contribution in [2.45, 2.75) is 6.54 Å². The third-order valence-corrected chi connectivity index (χ3v) is 4.80. The molecule has 0 saturated heterocycles. The molecule has 0 aliphatic carbocycles. The summed E-state index contributed by atoms with van der Waals surface area (Å²) < 4.78 is 1.76. The van der Waals surface area contributed by atoms with E-state index in [-0.39, 0.29) is 6.54 Å². The summed E-state index contributed by atoms with van der Waals surface area (Å²) in [5.41, 5.74) is 3.71. The van der Waals surface area contributed by atoms with Crippen LogP contribution in [0.3, 0.4) is 0 Å². The van der Waals surface area contributed by atoms with Crippen molar-refractivity contribution in [2.75, 3.05) is 0 Å². The van der Waals surface area contributed by atoms with Crippen LogP contribution in [0.2, 0.25) is 5.02 Å². The van der Waals surface area contributed by atoms with E-state index >= 15 is 0 Å². The third-order valence-electron chi connectivity index (χ3n) is 4.55. The highest BCUT2D eigenvalue weighted by atomic mass is 35.5. The fraction of sp³-hybridized carbons (Fsp3) is 0.0435. The molecule has 0 bridgehead atoms. The predicted molar refractivity (Wildman–Crippen MR) is 110 cm³/mol. The van der Waals surface area contributed by atoms with E-state index in [4.69, 9.17) is 11.6 Å². The van der Waals surface area contributed by atoms with E-state index in [9.17, 15) is 9.59 Å². The summed E-state index contributed by atoms with van der Waals surface area (Å²) in [6.07, 6.45) is 1.79. The highest BCUT2D eigenvalue weighted by Gasteiger charge is 2.24. The molecule has 4 rings (SSSR count). The van der Waals surface area contributed by atoms with E-state index in [1.54, 1.807) is 22.7 Å². The van der Waals surface area contributed by atoms with E-state index < -0.39 is 11.7 Å². The molecular weight excluding hydrogens is 372 g/mol. The van der Waals surface area contributed by atoms with Crippen LogP contribution >= 0.6 is 11.6 Å². The van der Waals surface area contributed by atoms with Crippen molar-refractivity contribution in [1.29, 1.82) is 0 Å². The Bertz CT molecular complexity index is 1150. The maximum absolute atomic E-state index is 13.0. The van der Waals surface area contributed by atoms with E-state index in [0.29, 0.717) is 10.7 Å². The number of carbonyl (C=O) groups excluding carboxylic acids is 2. The number of hydrogen-bond donors (Lipinski definition) is 1. The van der Waals surface area contributed by atoms with Crippen LogP contribution in [-0.2, 0) is 11.3 Å². The van der Waals surface area contributed by atoms with Gasteiger partial charge in [0.25, 0.3) is 11.7 Å². The van der Waals surface area contributed by atoms with Crippen molar-refractivity contribution in [3.05, 3.63) is 101 Å². The number of Topliss-reactive ketones (excluding diaryl/α,β-unsaturated/α-hetero) is 1. The van der Waals surface area contributed by atoms with Crippen LogP contribution < -0.4 is 5.32 Å². The minimum Gasteiger partial charge on any atom is -0.345 e. The van der Waals surface area contributed by atoms with E-state index in [2.05, 4.69) is 5.32 Å². The van der Waals surface area contributed by atoms with Crippen molar-refractivity contribution in [2.24, 2.45) is 0 Å². The highest BCUT2D eigenvalue weighted by Crippen LogP contribution is 2.28. The van der Waals surface area contributed by atoms with Gasteiger partial charge in [0.2, 0.25) is 0 Å². The molecule has 0 unspecified atom stereocenters. The Morgan fingerprint density at radius 1 is 0.893 bits per heavy atom. The molecule has 4 nitrogen and oxygen atoms in total. The Kier molecular flexibility index (Phi) is 4.96. The highest BCUT2D eigenvalue weighted by molar-refractivity contribution is 6.43. The van der Waals surface area contributed by atoms with Gasteiger partial charge in [0.05, 0.1) is 0 Å². The third kappa shape index (κ3) is 3.55. The Morgan fingerprint density at radius 2 is 1.61 bits per heavy atom. The van der Waals surface area contributed by atoms with Crippen molar-refractivity contribution in [3.8, 4) is 11.1 Å². The molecule has 0 radical (unpaired) electrons. The van der Waals surface area contributed by atoms with Crippen molar-refractivity contribution >= 4 is 28.8 Å². The molecule has 2 aromatic carbocycles. The number of carbonyl (C=O) groups is 2. The zero-order valence-corrected chi connectivity index (χ0v) is 15.7. The molecule has 28 heavy (non-hydrogen) atoms. The summed E-state index contributed by atoms with van der Waals surface area (Å²) in [6.45, 7) is 0.256. The predicted octanol–water partition coefficient (Wildman–Crippen LogP) is 4.76. The molecule has 5 heteroatoms. The summed E-state index contributed by atoms with van der Waals surface area (Å²) in [6, 6.07) is 24.3. The molecule has 0 fully saturated rings. The van der Waals surface area contributed by atoms with Crippen LogP contribution in [0.5, 0.6) is 0 Å². The van der Waals surface area contributed by atoms with Gasteiger partial charge in [-0.25, -0.2) is 0 Å². The fourth-order valence-corrected chi connectivity index (χ4v) is 3.29. The fourth-order valence-electron chi connectivity index (χ4n) is 3.17. The number of pyridine rings is 1. The first-order valence-corrected chi connectivity index (χ1v) is 9.24. The second-order valence-corrected chi connectivity index (χ2v) is 6.84. The lowest BCUT2D eigenvalue weighted by molar-refractivity contribution is -0.117. The molecule has 0 spiro atoms. The van der Waals surface area contributed by atoms with Crippen LogP contribution in [0, 0.1) is 0 Å². The van der Waals surface area contributed by atoms with Crippen LogP contribution in [0.25, 0.3) is 16.6 Å². The number of hydrogen-bond acceptors (Lipinski definition) is 2. The van der Waals surface area contributed by atoms with Gasteiger partial charge >= 0.3 is 0 Å². The second kappa shape index (κ2) is 7.71. The molecule has 4 aromatic rings. The van der Waals surface area contributed by atoms with Gasteiger partial charge in [-0.05, 0) is 41.5 Å². The number of ketones is 1. The van der Waals surface area contributed by atoms with Gasteiger partial charge in [-0.1, -0.05) is 60.1 Å². The molecule has 1 amide bonds. The zero-order chi connectivity index (χ0) is 19.5. The number of nitrogens with zero attached hydrogens (tertiary/aromatic N) is 1. The lowest BCUT2D eigenvalue weighted by Gasteiger charge is -2.08. The lowest BCUT2D eigenvalue weighted by atomic mass is 10.0. The van der Waals surface area contributed by atoms with Crippen LogP contribution in [-0.4, -0.2) is 16.1 Å². The molecule has 2 heterocycles. The number of benzene rings is 2.